The molecule has 3 saturated carbocycles. The lowest BCUT2D eigenvalue weighted by Crippen LogP contribution is -2.50. The molecule has 0 unspecified atom stereocenters. The third kappa shape index (κ3) is 2.98. The van der Waals surface area contributed by atoms with Crippen LogP contribution in [0.5, 0.6) is 0 Å². The molecule has 1 aliphatic heterocycles. The second-order valence-electron chi connectivity index (χ2n) is 12.0. The van der Waals surface area contributed by atoms with Crippen molar-refractivity contribution in [2.24, 2.45) is 40.4 Å². The molecule has 3 fully saturated rings. The predicted octanol–water partition coefficient (Wildman–Crippen LogP) is 5.62. The number of hydrogen-bond donors (Lipinski definition) is 2. The van der Waals surface area contributed by atoms with Crippen molar-refractivity contribution < 1.29 is 14.9 Å². The van der Waals surface area contributed by atoms with E-state index < -0.39 is 0 Å². The Hall–Kier alpha value is -0.800. The highest BCUT2D eigenvalue weighted by atomic mass is 16.5. The topological polar surface area (TPSA) is 49.7 Å². The van der Waals surface area contributed by atoms with Crippen LogP contribution in [0.25, 0.3) is 0 Å². The predicted molar refractivity (Wildman–Crippen MR) is 120 cm³/mol. The minimum absolute atomic E-state index is 0.117. The van der Waals surface area contributed by atoms with Crippen LogP contribution in [0.2, 0.25) is 0 Å². The molecule has 0 amide bonds. The fourth-order valence-electron chi connectivity index (χ4n) is 8.69. The van der Waals surface area contributed by atoms with E-state index in [1.165, 1.54) is 43.4 Å². The van der Waals surface area contributed by atoms with Gasteiger partial charge in [0.1, 0.15) is 6.10 Å². The van der Waals surface area contributed by atoms with Gasteiger partial charge in [0.2, 0.25) is 0 Å². The molecule has 5 aliphatic rings. The van der Waals surface area contributed by atoms with Gasteiger partial charge in [0, 0.05) is 18.9 Å². The molecule has 5 rings (SSSR count). The molecule has 0 radical (unpaired) electrons. The molecule has 3 nitrogen and oxygen atoms in total. The SMILES string of the molecule is CC1=C(CC[C@H](C)CO)O[C@H]2C[C@H]3[C@@H]4CC=C5C[C@H](O)CC[C@]5(C)[C@@H]4CC[C@]3(C)[C@@H]12. The van der Waals surface area contributed by atoms with Gasteiger partial charge < -0.3 is 14.9 Å². The van der Waals surface area contributed by atoms with E-state index in [0.717, 1.165) is 43.4 Å². The van der Waals surface area contributed by atoms with Gasteiger partial charge in [-0.1, -0.05) is 32.4 Å². The van der Waals surface area contributed by atoms with Crippen molar-refractivity contribution in [3.8, 4) is 0 Å². The van der Waals surface area contributed by atoms with Crippen molar-refractivity contribution in [1.29, 1.82) is 0 Å². The minimum atomic E-state index is -0.117. The Morgan fingerprint density at radius 2 is 2.00 bits per heavy atom. The minimum Gasteiger partial charge on any atom is -0.494 e. The lowest BCUT2D eigenvalue weighted by molar-refractivity contribution is -0.0454. The maximum atomic E-state index is 10.2. The van der Waals surface area contributed by atoms with Crippen LogP contribution in [0, 0.1) is 40.4 Å². The summed E-state index contributed by atoms with van der Waals surface area (Å²) in [6.45, 7) is 9.83. The van der Waals surface area contributed by atoms with Gasteiger partial charge in [0.05, 0.1) is 11.9 Å². The summed E-state index contributed by atoms with van der Waals surface area (Å²) in [5, 5.41) is 19.6. The highest BCUT2D eigenvalue weighted by Crippen LogP contribution is 2.68. The van der Waals surface area contributed by atoms with Crippen LogP contribution in [0.15, 0.2) is 23.0 Å². The van der Waals surface area contributed by atoms with Crippen LogP contribution >= 0.6 is 0 Å². The molecule has 9 atom stereocenters. The zero-order valence-corrected chi connectivity index (χ0v) is 19.5. The summed E-state index contributed by atoms with van der Waals surface area (Å²) in [5.74, 6) is 4.52. The van der Waals surface area contributed by atoms with Crippen LogP contribution in [0.4, 0.5) is 0 Å². The molecule has 168 valence electrons. The molecule has 0 aromatic carbocycles. The first-order valence-corrected chi connectivity index (χ1v) is 12.6. The fraction of sp³-hybridized carbons (Fsp3) is 0.852. The van der Waals surface area contributed by atoms with Crippen molar-refractivity contribution >= 4 is 0 Å². The Bertz CT molecular complexity index is 753. The average Bonchev–Trinajstić information content (AvgIpc) is 3.20. The number of fused-ring (bicyclic) bond motifs is 7. The summed E-state index contributed by atoms with van der Waals surface area (Å²) in [6.07, 6.45) is 13.0. The molecule has 1 heterocycles. The van der Waals surface area contributed by atoms with E-state index >= 15 is 0 Å². The summed E-state index contributed by atoms with van der Waals surface area (Å²) in [7, 11) is 0. The van der Waals surface area contributed by atoms with Crippen LogP contribution in [0.3, 0.4) is 0 Å². The summed E-state index contributed by atoms with van der Waals surface area (Å²) in [4.78, 5) is 0. The van der Waals surface area contributed by atoms with Crippen LogP contribution < -0.4 is 0 Å². The molecule has 0 saturated heterocycles. The zero-order valence-electron chi connectivity index (χ0n) is 19.5. The second kappa shape index (κ2) is 7.37. The van der Waals surface area contributed by atoms with Crippen molar-refractivity contribution in [2.45, 2.75) is 97.7 Å². The lowest BCUT2D eigenvalue weighted by Gasteiger charge is -2.57. The third-order valence-corrected chi connectivity index (χ3v) is 10.5. The Labute approximate surface area is 183 Å². The first-order valence-electron chi connectivity index (χ1n) is 12.6. The van der Waals surface area contributed by atoms with E-state index in [1.54, 1.807) is 5.57 Å². The molecule has 4 aliphatic carbocycles. The molecule has 3 heteroatoms. The van der Waals surface area contributed by atoms with E-state index in [2.05, 4.69) is 33.8 Å². The summed E-state index contributed by atoms with van der Waals surface area (Å²) >= 11 is 0. The van der Waals surface area contributed by atoms with Gasteiger partial charge in [-0.15, -0.1) is 0 Å². The standard InChI is InChI=1S/C27H42O3/c1-16(15-28)5-8-23-17(2)25-24(30-23)14-22-20-7-6-18-13-19(29)9-11-26(18,3)21(20)10-12-27(22,25)4/h6,16,19-22,24-25,28-29H,5,7-15H2,1-4H3/t16-,19+,20+,21+,22-,24-,25-,26-,27-/m0/s1. The smallest absolute Gasteiger partial charge is 0.106 e. The van der Waals surface area contributed by atoms with Crippen molar-refractivity contribution in [3.63, 3.8) is 0 Å². The molecule has 2 N–H and O–H groups in total. The van der Waals surface area contributed by atoms with Gasteiger partial charge in [0.25, 0.3) is 0 Å². The van der Waals surface area contributed by atoms with Crippen LogP contribution in [-0.2, 0) is 4.74 Å². The maximum Gasteiger partial charge on any atom is 0.106 e. The van der Waals surface area contributed by atoms with Gasteiger partial charge in [-0.25, -0.2) is 0 Å². The normalized spacial score (nSPS) is 48.3. The maximum absolute atomic E-state index is 10.2. The summed E-state index contributed by atoms with van der Waals surface area (Å²) < 4.78 is 6.62. The Kier molecular flexibility index (Phi) is 5.18. The fourth-order valence-corrected chi connectivity index (χ4v) is 8.69. The Balaban J connectivity index is 1.38. The lowest BCUT2D eigenvalue weighted by atomic mass is 9.47. The van der Waals surface area contributed by atoms with Gasteiger partial charge in [-0.3, -0.25) is 0 Å². The number of aliphatic hydroxyl groups excluding tert-OH is 2. The Morgan fingerprint density at radius 1 is 1.20 bits per heavy atom. The van der Waals surface area contributed by atoms with Gasteiger partial charge in [-0.05, 0) is 98.4 Å². The molecule has 30 heavy (non-hydrogen) atoms. The number of rotatable bonds is 4. The second-order valence-corrected chi connectivity index (χ2v) is 12.0. The van der Waals surface area contributed by atoms with E-state index in [1.807, 2.05) is 0 Å². The summed E-state index contributed by atoms with van der Waals surface area (Å²) in [5.41, 5.74) is 3.78. The van der Waals surface area contributed by atoms with E-state index in [-0.39, 0.29) is 12.7 Å². The van der Waals surface area contributed by atoms with E-state index in [0.29, 0.717) is 28.8 Å². The molecule has 0 aromatic heterocycles. The number of hydrogen-bond acceptors (Lipinski definition) is 3. The van der Waals surface area contributed by atoms with Gasteiger partial charge in [-0.2, -0.15) is 0 Å². The number of allylic oxidation sites excluding steroid dienone is 2. The highest BCUT2D eigenvalue weighted by molar-refractivity contribution is 5.30. The molecule has 0 aromatic rings. The van der Waals surface area contributed by atoms with Crippen LogP contribution in [-0.4, -0.2) is 29.0 Å². The summed E-state index contributed by atoms with van der Waals surface area (Å²) in [6, 6.07) is 0. The monoisotopic (exact) mass is 414 g/mol. The zero-order chi connectivity index (χ0) is 21.3. The Morgan fingerprint density at radius 3 is 2.77 bits per heavy atom. The van der Waals surface area contributed by atoms with Crippen molar-refractivity contribution in [3.05, 3.63) is 23.0 Å². The van der Waals surface area contributed by atoms with Gasteiger partial charge in [0.15, 0.2) is 0 Å². The first kappa shape index (κ1) is 21.1. The van der Waals surface area contributed by atoms with Crippen molar-refractivity contribution in [1.82, 2.24) is 0 Å². The molecule has 0 bridgehead atoms. The first-order chi connectivity index (χ1) is 14.3. The highest BCUT2D eigenvalue weighted by Gasteiger charge is 2.63. The van der Waals surface area contributed by atoms with Crippen LogP contribution in [0.1, 0.15) is 85.5 Å². The number of aliphatic hydroxyl groups is 2. The molecule has 0 spiro atoms. The largest absolute Gasteiger partial charge is 0.494 e. The third-order valence-electron chi connectivity index (χ3n) is 10.5. The quantitative estimate of drug-likeness (QED) is 0.587. The molecular formula is C27H42O3. The molecular weight excluding hydrogens is 372 g/mol. The van der Waals surface area contributed by atoms with E-state index in [9.17, 15) is 10.2 Å². The van der Waals surface area contributed by atoms with E-state index in [4.69, 9.17) is 4.74 Å². The van der Waals surface area contributed by atoms with Gasteiger partial charge >= 0.3 is 0 Å². The van der Waals surface area contributed by atoms with Crippen molar-refractivity contribution in [2.75, 3.05) is 6.61 Å². The average molecular weight is 415 g/mol. The number of ether oxygens (including phenoxy) is 1.